The molecule has 1 saturated heterocycles. The topological polar surface area (TPSA) is 93.1 Å². The van der Waals surface area contributed by atoms with Gasteiger partial charge in [0.25, 0.3) is 5.91 Å². The van der Waals surface area contributed by atoms with Crippen molar-refractivity contribution in [1.29, 1.82) is 0 Å². The number of rotatable bonds is 4. The molecule has 0 bridgehead atoms. The number of nitrogens with one attached hydrogen (secondary N) is 1. The number of hydrogen-bond donors (Lipinski definition) is 1. The first-order valence-corrected chi connectivity index (χ1v) is 7.94. The van der Waals surface area contributed by atoms with Gasteiger partial charge in [0, 0.05) is 38.6 Å². The Bertz CT molecular complexity index is 634. The lowest BCUT2D eigenvalue weighted by molar-refractivity contribution is -0.130. The Kier molecular flexibility index (Phi) is 5.05. The Labute approximate surface area is 139 Å². The largest absolute Gasteiger partial charge is 0.472 e. The maximum absolute atomic E-state index is 12.4. The molecule has 2 amide bonds. The molecule has 0 aliphatic carbocycles. The Morgan fingerprint density at radius 3 is 3.04 bits per heavy atom. The third kappa shape index (κ3) is 3.88. The van der Waals surface area contributed by atoms with Gasteiger partial charge in [-0.2, -0.15) is 5.10 Å². The van der Waals surface area contributed by atoms with Gasteiger partial charge in [-0.1, -0.05) is 6.07 Å². The molecule has 2 aliphatic heterocycles. The molecule has 2 aliphatic rings. The lowest BCUT2D eigenvalue weighted by Gasteiger charge is -2.32. The summed E-state index contributed by atoms with van der Waals surface area (Å²) in [5.74, 6) is 0.132. The van der Waals surface area contributed by atoms with Crippen molar-refractivity contribution < 1.29 is 19.1 Å². The van der Waals surface area contributed by atoms with E-state index in [1.54, 1.807) is 19.3 Å². The highest BCUT2D eigenvalue weighted by molar-refractivity contribution is 6.39. The fourth-order valence-corrected chi connectivity index (χ4v) is 2.65. The summed E-state index contributed by atoms with van der Waals surface area (Å²) in [6.45, 7) is 0.938. The highest BCUT2D eigenvalue weighted by Gasteiger charge is 2.31. The fourth-order valence-electron chi connectivity index (χ4n) is 2.65. The number of nitrogens with zero attached hydrogens (tertiary/aromatic N) is 3. The molecule has 0 unspecified atom stereocenters. The number of amides is 2. The van der Waals surface area contributed by atoms with Crippen LogP contribution in [0, 0.1) is 0 Å². The molecule has 2 atom stereocenters. The second-order valence-electron chi connectivity index (χ2n) is 5.73. The SMILES string of the molecule is CN1N=C(C(=O)N[C@@H]2COCC[C@H]2Oc2ccccn2)CCC1=O. The molecule has 24 heavy (non-hydrogen) atoms. The molecule has 1 N–H and O–H groups in total. The molecule has 1 aromatic heterocycles. The van der Waals surface area contributed by atoms with Crippen LogP contribution in [0.2, 0.25) is 0 Å². The van der Waals surface area contributed by atoms with Crippen LogP contribution in [0.4, 0.5) is 0 Å². The monoisotopic (exact) mass is 332 g/mol. The predicted molar refractivity (Wildman–Crippen MR) is 85.5 cm³/mol. The minimum absolute atomic E-state index is 0.0936. The highest BCUT2D eigenvalue weighted by atomic mass is 16.5. The number of hydrazone groups is 1. The lowest BCUT2D eigenvalue weighted by atomic mass is 10.1. The molecule has 8 nitrogen and oxygen atoms in total. The smallest absolute Gasteiger partial charge is 0.267 e. The van der Waals surface area contributed by atoms with Gasteiger partial charge >= 0.3 is 0 Å². The van der Waals surface area contributed by atoms with E-state index < -0.39 is 0 Å². The van der Waals surface area contributed by atoms with Crippen LogP contribution in [0.1, 0.15) is 19.3 Å². The van der Waals surface area contributed by atoms with Crippen LogP contribution in [0.25, 0.3) is 0 Å². The number of carbonyl (C=O) groups excluding carboxylic acids is 2. The molecule has 3 heterocycles. The van der Waals surface area contributed by atoms with E-state index in [4.69, 9.17) is 9.47 Å². The molecule has 1 aromatic rings. The Hall–Kier alpha value is -2.48. The normalized spacial score (nSPS) is 24.3. The Balaban J connectivity index is 1.64. The second-order valence-corrected chi connectivity index (χ2v) is 5.73. The molecular weight excluding hydrogens is 312 g/mol. The number of hydrogen-bond acceptors (Lipinski definition) is 6. The van der Waals surface area contributed by atoms with E-state index in [-0.39, 0.29) is 30.4 Å². The van der Waals surface area contributed by atoms with Crippen LogP contribution in [-0.4, -0.2) is 59.9 Å². The van der Waals surface area contributed by atoms with Crippen molar-refractivity contribution in [3.8, 4) is 5.88 Å². The van der Waals surface area contributed by atoms with E-state index in [1.807, 2.05) is 12.1 Å². The van der Waals surface area contributed by atoms with Gasteiger partial charge in [-0.15, -0.1) is 0 Å². The van der Waals surface area contributed by atoms with Gasteiger partial charge in [0.1, 0.15) is 11.8 Å². The third-order valence-corrected chi connectivity index (χ3v) is 3.99. The maximum atomic E-state index is 12.4. The first-order valence-electron chi connectivity index (χ1n) is 7.94. The van der Waals surface area contributed by atoms with Crippen LogP contribution in [0.3, 0.4) is 0 Å². The van der Waals surface area contributed by atoms with E-state index >= 15 is 0 Å². The van der Waals surface area contributed by atoms with Crippen LogP contribution in [0.5, 0.6) is 5.88 Å². The van der Waals surface area contributed by atoms with Gasteiger partial charge in [0.2, 0.25) is 11.8 Å². The summed E-state index contributed by atoms with van der Waals surface area (Å²) in [5, 5.41) is 8.15. The van der Waals surface area contributed by atoms with E-state index in [0.29, 0.717) is 37.6 Å². The first kappa shape index (κ1) is 16.4. The number of ether oxygens (including phenoxy) is 2. The second kappa shape index (κ2) is 7.39. The standard InChI is InChI=1S/C16H20N4O4/c1-20-15(21)6-5-11(19-20)16(22)18-12-10-23-9-7-13(12)24-14-4-2-3-8-17-14/h2-4,8,12-13H,5-7,9-10H2,1H3,(H,18,22)/t12-,13-/m1/s1. The molecule has 3 rings (SSSR count). The summed E-state index contributed by atoms with van der Waals surface area (Å²) in [4.78, 5) is 28.0. The zero-order valence-corrected chi connectivity index (χ0v) is 13.5. The Morgan fingerprint density at radius 2 is 2.29 bits per heavy atom. The van der Waals surface area contributed by atoms with Crippen LogP contribution in [-0.2, 0) is 14.3 Å². The fraction of sp³-hybridized carbons (Fsp3) is 0.500. The molecule has 0 saturated carbocycles. The van der Waals surface area contributed by atoms with E-state index in [2.05, 4.69) is 15.4 Å². The average molecular weight is 332 g/mol. The summed E-state index contributed by atoms with van der Waals surface area (Å²) < 4.78 is 11.3. The molecule has 8 heteroatoms. The molecule has 128 valence electrons. The highest BCUT2D eigenvalue weighted by Crippen LogP contribution is 2.16. The lowest BCUT2D eigenvalue weighted by Crippen LogP contribution is -2.53. The third-order valence-electron chi connectivity index (χ3n) is 3.99. The molecular formula is C16H20N4O4. The van der Waals surface area contributed by atoms with Crippen LogP contribution in [0.15, 0.2) is 29.5 Å². The molecule has 0 aromatic carbocycles. The van der Waals surface area contributed by atoms with Crippen molar-refractivity contribution in [3.05, 3.63) is 24.4 Å². The Morgan fingerprint density at radius 1 is 1.42 bits per heavy atom. The molecule has 0 spiro atoms. The zero-order chi connectivity index (χ0) is 16.9. The molecule has 0 radical (unpaired) electrons. The number of carbonyl (C=O) groups is 2. The summed E-state index contributed by atoms with van der Waals surface area (Å²) in [6, 6.07) is 5.15. The van der Waals surface area contributed by atoms with Gasteiger partial charge in [0.05, 0.1) is 19.3 Å². The van der Waals surface area contributed by atoms with Crippen molar-refractivity contribution in [2.24, 2.45) is 5.10 Å². The van der Waals surface area contributed by atoms with Crippen molar-refractivity contribution in [2.75, 3.05) is 20.3 Å². The minimum atomic E-state index is -0.293. The van der Waals surface area contributed by atoms with Crippen molar-refractivity contribution in [2.45, 2.75) is 31.4 Å². The van der Waals surface area contributed by atoms with Crippen molar-refractivity contribution in [3.63, 3.8) is 0 Å². The summed E-state index contributed by atoms with van der Waals surface area (Å²) in [7, 11) is 1.55. The van der Waals surface area contributed by atoms with Gasteiger partial charge in [0.15, 0.2) is 0 Å². The summed E-state index contributed by atoms with van der Waals surface area (Å²) >= 11 is 0. The van der Waals surface area contributed by atoms with Gasteiger partial charge in [-0.05, 0) is 6.07 Å². The minimum Gasteiger partial charge on any atom is -0.472 e. The van der Waals surface area contributed by atoms with E-state index in [9.17, 15) is 9.59 Å². The van der Waals surface area contributed by atoms with Crippen LogP contribution < -0.4 is 10.1 Å². The van der Waals surface area contributed by atoms with E-state index in [1.165, 1.54) is 5.01 Å². The van der Waals surface area contributed by atoms with Crippen molar-refractivity contribution >= 4 is 17.5 Å². The maximum Gasteiger partial charge on any atom is 0.267 e. The number of pyridine rings is 1. The van der Waals surface area contributed by atoms with E-state index in [0.717, 1.165) is 0 Å². The van der Waals surface area contributed by atoms with Crippen LogP contribution >= 0.6 is 0 Å². The quantitative estimate of drug-likeness (QED) is 0.858. The first-order chi connectivity index (χ1) is 11.6. The van der Waals surface area contributed by atoms with Gasteiger partial charge in [-0.25, -0.2) is 9.99 Å². The predicted octanol–water partition coefficient (Wildman–Crippen LogP) is 0.342. The summed E-state index contributed by atoms with van der Waals surface area (Å²) in [5.41, 5.74) is 0.347. The zero-order valence-electron chi connectivity index (χ0n) is 13.5. The average Bonchev–Trinajstić information content (AvgIpc) is 2.60. The van der Waals surface area contributed by atoms with Gasteiger partial charge < -0.3 is 14.8 Å². The molecule has 1 fully saturated rings. The van der Waals surface area contributed by atoms with Gasteiger partial charge in [-0.3, -0.25) is 9.59 Å². The summed E-state index contributed by atoms with van der Waals surface area (Å²) in [6.07, 6.45) is 2.73. The number of aromatic nitrogens is 1. The van der Waals surface area contributed by atoms with Crippen molar-refractivity contribution in [1.82, 2.24) is 15.3 Å².